The Morgan fingerprint density at radius 3 is 1.75 bits per heavy atom. The average molecular weight is 566 g/mol. The summed E-state index contributed by atoms with van der Waals surface area (Å²) in [4.78, 5) is 37.8. The maximum Gasteiger partial charge on any atom is 0.343 e. The quantitative estimate of drug-likeness (QED) is 0.164. The third-order valence-corrected chi connectivity index (χ3v) is 5.19. The van der Waals surface area contributed by atoms with Crippen molar-refractivity contribution in [1.29, 1.82) is 0 Å². The van der Waals surface area contributed by atoms with Crippen LogP contribution in [0.4, 0.5) is 0 Å². The Kier molecular flexibility index (Phi) is 9.87. The Morgan fingerprint density at radius 1 is 0.781 bits per heavy atom. The van der Waals surface area contributed by atoms with E-state index in [0.29, 0.717) is 5.56 Å². The third-order valence-electron chi connectivity index (χ3n) is 4.13. The van der Waals surface area contributed by atoms with Gasteiger partial charge in [0.1, 0.15) is 5.76 Å². The molecule has 0 amide bonds. The number of hydrogen-bond donors (Lipinski definition) is 0. The number of hydrogen-bond acceptors (Lipinski definition) is 6. The summed E-state index contributed by atoms with van der Waals surface area (Å²) in [6.07, 6.45) is -0.212. The first kappa shape index (κ1) is 25.5. The molecule has 2 rings (SSSR count). The van der Waals surface area contributed by atoms with Crippen LogP contribution in [0.1, 0.15) is 36.2 Å². The molecule has 2 aromatic carbocycles. The van der Waals surface area contributed by atoms with E-state index in [1.54, 1.807) is 62.4 Å². The topological polar surface area (TPSA) is 78.9 Å². The first-order valence-corrected chi connectivity index (χ1v) is 11.3. The summed E-state index contributed by atoms with van der Waals surface area (Å²) in [5.74, 6) is -2.06. The van der Waals surface area contributed by atoms with Gasteiger partial charge in [-0.05, 0) is 50.2 Å². The van der Waals surface area contributed by atoms with Gasteiger partial charge < -0.3 is 14.2 Å². The monoisotopic (exact) mass is 564 g/mol. The van der Waals surface area contributed by atoms with Crippen LogP contribution in [0.2, 0.25) is 0 Å². The molecule has 0 aromatic heterocycles. The molecule has 0 radical (unpaired) electrons. The van der Waals surface area contributed by atoms with Gasteiger partial charge in [-0.3, -0.25) is 0 Å². The van der Waals surface area contributed by atoms with Crippen LogP contribution in [-0.2, 0) is 23.8 Å². The number of rotatable bonds is 9. The molecule has 6 nitrogen and oxygen atoms in total. The normalized spacial score (nSPS) is 11.2. The number of benzene rings is 2. The summed E-state index contributed by atoms with van der Waals surface area (Å²) in [7, 11) is 0. The van der Waals surface area contributed by atoms with Crippen LogP contribution >= 0.6 is 31.9 Å². The van der Waals surface area contributed by atoms with Gasteiger partial charge in [0.25, 0.3) is 0 Å². The lowest BCUT2D eigenvalue weighted by Crippen LogP contribution is -2.17. The van der Waals surface area contributed by atoms with Crippen molar-refractivity contribution in [2.75, 3.05) is 13.2 Å². The van der Waals surface area contributed by atoms with E-state index in [4.69, 9.17) is 14.2 Å². The van der Waals surface area contributed by atoms with Crippen LogP contribution < -0.4 is 0 Å². The molecule has 0 spiro atoms. The van der Waals surface area contributed by atoms with Gasteiger partial charge in [-0.25, -0.2) is 14.4 Å². The second-order valence-corrected chi connectivity index (χ2v) is 8.26. The molecule has 8 heteroatoms. The lowest BCUT2D eigenvalue weighted by molar-refractivity contribution is -0.139. The molecule has 0 aliphatic heterocycles. The van der Waals surface area contributed by atoms with Gasteiger partial charge in [0.2, 0.25) is 0 Å². The predicted molar refractivity (Wildman–Crippen MR) is 128 cm³/mol. The minimum atomic E-state index is -0.723. The molecule has 0 saturated carbocycles. The predicted octanol–water partition coefficient (Wildman–Crippen LogP) is 5.85. The van der Waals surface area contributed by atoms with E-state index < -0.39 is 17.9 Å². The molecular formula is C24H22Br2O6. The molecular weight excluding hydrogens is 544 g/mol. The van der Waals surface area contributed by atoms with Gasteiger partial charge in [0, 0.05) is 26.5 Å². The molecule has 0 atom stereocenters. The zero-order chi connectivity index (χ0) is 23.7. The van der Waals surface area contributed by atoms with Crippen LogP contribution in [0.15, 0.2) is 75.2 Å². The highest BCUT2D eigenvalue weighted by Crippen LogP contribution is 2.28. The molecule has 0 bridgehead atoms. The van der Waals surface area contributed by atoms with Crippen molar-refractivity contribution in [3.05, 3.63) is 86.3 Å². The molecule has 0 aliphatic rings. The van der Waals surface area contributed by atoms with Gasteiger partial charge >= 0.3 is 17.9 Å². The molecule has 168 valence electrons. The Balaban J connectivity index is 2.57. The van der Waals surface area contributed by atoms with Crippen LogP contribution in [-0.4, -0.2) is 31.1 Å². The number of ether oxygens (including phenoxy) is 3. The van der Waals surface area contributed by atoms with E-state index in [9.17, 15) is 14.4 Å². The molecule has 0 unspecified atom stereocenters. The summed E-state index contributed by atoms with van der Waals surface area (Å²) in [5.41, 5.74) is 0.760. The van der Waals surface area contributed by atoms with E-state index in [-0.39, 0.29) is 42.1 Å². The molecule has 0 N–H and O–H groups in total. The number of carbonyl (C=O) groups excluding carboxylic acids is 3. The largest absolute Gasteiger partial charge is 0.463 e. The summed E-state index contributed by atoms with van der Waals surface area (Å²) >= 11 is 6.68. The minimum absolute atomic E-state index is 0.0160. The number of carbonyl (C=O) groups is 3. The third kappa shape index (κ3) is 7.17. The van der Waals surface area contributed by atoms with E-state index in [1.807, 2.05) is 0 Å². The minimum Gasteiger partial charge on any atom is -0.463 e. The Labute approximate surface area is 203 Å². The number of esters is 3. The molecule has 0 heterocycles. The smallest absolute Gasteiger partial charge is 0.343 e. The van der Waals surface area contributed by atoms with Gasteiger partial charge in [-0.15, -0.1) is 0 Å². The van der Waals surface area contributed by atoms with E-state index >= 15 is 0 Å². The first-order chi connectivity index (χ1) is 15.3. The average Bonchev–Trinajstić information content (AvgIpc) is 2.77. The van der Waals surface area contributed by atoms with Crippen molar-refractivity contribution in [2.45, 2.75) is 20.3 Å². The molecule has 32 heavy (non-hydrogen) atoms. The molecule has 0 aliphatic carbocycles. The van der Waals surface area contributed by atoms with Crippen LogP contribution in [0.5, 0.6) is 0 Å². The highest BCUT2D eigenvalue weighted by Gasteiger charge is 2.25. The summed E-state index contributed by atoms with van der Waals surface area (Å²) in [6.45, 7) is 7.31. The van der Waals surface area contributed by atoms with Crippen molar-refractivity contribution >= 4 is 55.5 Å². The van der Waals surface area contributed by atoms with Crippen molar-refractivity contribution in [3.63, 3.8) is 0 Å². The lowest BCUT2D eigenvalue weighted by Gasteiger charge is -2.16. The second-order valence-electron chi connectivity index (χ2n) is 6.43. The summed E-state index contributed by atoms with van der Waals surface area (Å²) in [5, 5.41) is 0. The van der Waals surface area contributed by atoms with Crippen LogP contribution in [0.3, 0.4) is 0 Å². The van der Waals surface area contributed by atoms with Crippen molar-refractivity contribution in [3.8, 4) is 0 Å². The Bertz CT molecular complexity index is 1020. The second kappa shape index (κ2) is 12.4. The summed E-state index contributed by atoms with van der Waals surface area (Å²) in [6, 6.07) is 13.4. The Morgan fingerprint density at radius 2 is 1.25 bits per heavy atom. The van der Waals surface area contributed by atoms with Crippen molar-refractivity contribution < 1.29 is 28.6 Å². The van der Waals surface area contributed by atoms with Crippen LogP contribution in [0.25, 0.3) is 5.76 Å². The highest BCUT2D eigenvalue weighted by molar-refractivity contribution is 9.10. The molecule has 0 saturated heterocycles. The molecule has 2 aromatic rings. The van der Waals surface area contributed by atoms with Crippen molar-refractivity contribution in [1.82, 2.24) is 0 Å². The maximum atomic E-state index is 12.9. The first-order valence-electron chi connectivity index (χ1n) is 9.75. The zero-order valence-electron chi connectivity index (χ0n) is 17.7. The van der Waals surface area contributed by atoms with E-state index in [1.165, 1.54) is 0 Å². The fourth-order valence-electron chi connectivity index (χ4n) is 2.62. The standard InChI is InChI=1S/C24H22Br2O6/c1-4-30-22(27)15(3)14-20(24(29)31-5-2)21(16-6-10-18(25)11-7-16)32-23(28)17-8-12-19(26)13-9-17/h6-13H,3-5,14H2,1-2H3/b21-20-. The van der Waals surface area contributed by atoms with E-state index in [2.05, 4.69) is 38.4 Å². The van der Waals surface area contributed by atoms with Crippen molar-refractivity contribution in [2.24, 2.45) is 0 Å². The fraction of sp³-hybridized carbons (Fsp3) is 0.208. The van der Waals surface area contributed by atoms with E-state index in [0.717, 1.165) is 8.95 Å². The zero-order valence-corrected chi connectivity index (χ0v) is 20.8. The Hall–Kier alpha value is -2.71. The lowest BCUT2D eigenvalue weighted by atomic mass is 10.0. The summed E-state index contributed by atoms with van der Waals surface area (Å²) < 4.78 is 17.4. The van der Waals surface area contributed by atoms with Crippen LogP contribution in [0, 0.1) is 0 Å². The highest BCUT2D eigenvalue weighted by atomic mass is 79.9. The van der Waals surface area contributed by atoms with Gasteiger partial charge in [0.05, 0.1) is 24.4 Å². The van der Waals surface area contributed by atoms with Gasteiger partial charge in [-0.1, -0.05) is 50.6 Å². The SMILES string of the molecule is C=C(C/C(C(=O)OCC)=C(/OC(=O)c1ccc(Br)cc1)c1ccc(Br)cc1)C(=O)OCC. The van der Waals surface area contributed by atoms with Gasteiger partial charge in [-0.2, -0.15) is 0 Å². The fourth-order valence-corrected chi connectivity index (χ4v) is 3.14. The molecule has 0 fully saturated rings. The number of halogens is 2. The maximum absolute atomic E-state index is 12.9. The van der Waals surface area contributed by atoms with Gasteiger partial charge in [0.15, 0.2) is 0 Å².